The van der Waals surface area contributed by atoms with Gasteiger partial charge in [-0.25, -0.2) is 0 Å². The number of nitrogens with zero attached hydrogens (tertiary/aromatic N) is 1. The second kappa shape index (κ2) is 4.97. The maximum Gasteiger partial charge on any atom is 0.0984 e. The summed E-state index contributed by atoms with van der Waals surface area (Å²) in [4.78, 5) is 2.35. The number of benzene rings is 1. The number of hydrogen-bond acceptors (Lipinski definition) is 2. The normalized spacial score (nSPS) is 29.6. The lowest BCUT2D eigenvalue weighted by Gasteiger charge is -2.47. The Bertz CT molecular complexity index is 561. The summed E-state index contributed by atoms with van der Waals surface area (Å²) in [5.41, 5.74) is 2.59. The molecule has 0 spiro atoms. The van der Waals surface area contributed by atoms with Gasteiger partial charge in [0.15, 0.2) is 0 Å². The summed E-state index contributed by atoms with van der Waals surface area (Å²) >= 11 is 6.36. The van der Waals surface area contributed by atoms with Crippen LogP contribution in [0.2, 0.25) is 5.02 Å². The SMILES string of the molecule is Cc1c(Cl)ccc2c1C(O)(C1CCN(C)CC1)C(C)(C)C2. The Hall–Kier alpha value is -0.570. The predicted octanol–water partition coefficient (Wildman–Crippen LogP) is 3.76. The highest BCUT2D eigenvalue weighted by Crippen LogP contribution is 2.57. The van der Waals surface area contributed by atoms with Crippen molar-refractivity contribution in [3.63, 3.8) is 0 Å². The molecule has 1 aliphatic heterocycles. The molecule has 0 bridgehead atoms. The van der Waals surface area contributed by atoms with E-state index in [0.29, 0.717) is 5.92 Å². The van der Waals surface area contributed by atoms with Crippen molar-refractivity contribution < 1.29 is 5.11 Å². The van der Waals surface area contributed by atoms with E-state index >= 15 is 0 Å². The minimum Gasteiger partial charge on any atom is -0.384 e. The Balaban J connectivity index is 2.10. The maximum absolute atomic E-state index is 11.8. The standard InChI is InChI=1S/C18H26ClNO/c1-12-15(19)6-5-13-11-17(2,3)18(21,16(12)13)14-7-9-20(4)10-8-14/h5-6,14,21H,7-11H2,1-4H3. The van der Waals surface area contributed by atoms with Crippen LogP contribution in [0.5, 0.6) is 0 Å². The monoisotopic (exact) mass is 307 g/mol. The average molecular weight is 308 g/mol. The first-order chi connectivity index (χ1) is 9.77. The molecule has 1 atom stereocenters. The molecular weight excluding hydrogens is 282 g/mol. The molecule has 1 aromatic rings. The molecule has 0 radical (unpaired) electrons. The fourth-order valence-corrected chi connectivity index (χ4v) is 4.71. The third kappa shape index (κ3) is 2.15. The number of likely N-dealkylation sites (tertiary alicyclic amines) is 1. The first-order valence-corrected chi connectivity index (χ1v) is 8.34. The number of piperidine rings is 1. The summed E-state index contributed by atoms with van der Waals surface area (Å²) in [5, 5.41) is 12.6. The summed E-state index contributed by atoms with van der Waals surface area (Å²) in [6.07, 6.45) is 3.05. The highest BCUT2D eigenvalue weighted by molar-refractivity contribution is 6.31. The molecule has 3 heteroatoms. The van der Waals surface area contributed by atoms with Crippen molar-refractivity contribution in [1.82, 2.24) is 4.90 Å². The lowest BCUT2D eigenvalue weighted by molar-refractivity contribution is -0.121. The molecular formula is C18H26ClNO. The van der Waals surface area contributed by atoms with Crippen LogP contribution in [0.3, 0.4) is 0 Å². The number of rotatable bonds is 1. The van der Waals surface area contributed by atoms with Crippen LogP contribution in [-0.4, -0.2) is 30.1 Å². The second-order valence-corrected chi connectivity index (χ2v) is 8.02. The topological polar surface area (TPSA) is 23.5 Å². The zero-order chi connectivity index (χ0) is 15.4. The molecule has 1 N–H and O–H groups in total. The highest BCUT2D eigenvalue weighted by Gasteiger charge is 2.56. The van der Waals surface area contributed by atoms with E-state index in [-0.39, 0.29) is 5.41 Å². The van der Waals surface area contributed by atoms with Crippen molar-refractivity contribution in [3.8, 4) is 0 Å². The number of hydrogen-bond donors (Lipinski definition) is 1. The fourth-order valence-electron chi connectivity index (χ4n) is 4.55. The molecule has 1 aliphatic carbocycles. The van der Waals surface area contributed by atoms with E-state index in [9.17, 15) is 5.11 Å². The Morgan fingerprint density at radius 1 is 1.24 bits per heavy atom. The van der Waals surface area contributed by atoms with Crippen LogP contribution in [-0.2, 0) is 12.0 Å². The summed E-state index contributed by atoms with van der Waals surface area (Å²) in [6, 6.07) is 4.09. The van der Waals surface area contributed by atoms with Gasteiger partial charge in [-0.3, -0.25) is 0 Å². The molecule has 2 nitrogen and oxygen atoms in total. The van der Waals surface area contributed by atoms with Gasteiger partial charge in [-0.05, 0) is 75.0 Å². The number of halogens is 1. The van der Waals surface area contributed by atoms with Crippen LogP contribution >= 0.6 is 11.6 Å². The summed E-state index contributed by atoms with van der Waals surface area (Å²) < 4.78 is 0. The first kappa shape index (κ1) is 15.3. The highest BCUT2D eigenvalue weighted by atomic mass is 35.5. The van der Waals surface area contributed by atoms with E-state index in [1.54, 1.807) is 0 Å². The van der Waals surface area contributed by atoms with Gasteiger partial charge in [0.2, 0.25) is 0 Å². The number of fused-ring (bicyclic) bond motifs is 1. The van der Waals surface area contributed by atoms with Crippen molar-refractivity contribution >= 4 is 11.6 Å². The molecule has 1 fully saturated rings. The fraction of sp³-hybridized carbons (Fsp3) is 0.667. The van der Waals surface area contributed by atoms with Gasteiger partial charge in [0.05, 0.1) is 5.60 Å². The molecule has 3 rings (SSSR count). The average Bonchev–Trinajstić information content (AvgIpc) is 2.63. The summed E-state index contributed by atoms with van der Waals surface area (Å²) in [6.45, 7) is 8.61. The molecule has 1 aromatic carbocycles. The number of aliphatic hydroxyl groups is 1. The van der Waals surface area contributed by atoms with Gasteiger partial charge in [-0.2, -0.15) is 0 Å². The van der Waals surface area contributed by atoms with Gasteiger partial charge in [0, 0.05) is 10.4 Å². The van der Waals surface area contributed by atoms with E-state index in [2.05, 4.69) is 38.8 Å². The first-order valence-electron chi connectivity index (χ1n) is 7.97. The molecule has 0 aromatic heterocycles. The smallest absolute Gasteiger partial charge is 0.0984 e. The van der Waals surface area contributed by atoms with Gasteiger partial charge < -0.3 is 10.0 Å². The molecule has 1 saturated heterocycles. The zero-order valence-electron chi connectivity index (χ0n) is 13.5. The third-order valence-corrected chi connectivity index (χ3v) is 6.25. The summed E-state index contributed by atoms with van der Waals surface area (Å²) in [7, 11) is 2.16. The Kier molecular flexibility index (Phi) is 3.63. The maximum atomic E-state index is 11.8. The van der Waals surface area contributed by atoms with Crippen LogP contribution in [0.1, 0.15) is 43.4 Å². The Labute approximate surface area is 133 Å². The van der Waals surface area contributed by atoms with E-state index < -0.39 is 5.60 Å². The Morgan fingerprint density at radius 3 is 2.48 bits per heavy atom. The van der Waals surface area contributed by atoms with E-state index in [1.165, 1.54) is 5.56 Å². The second-order valence-electron chi connectivity index (χ2n) is 7.61. The molecule has 2 aliphatic rings. The van der Waals surface area contributed by atoms with Crippen molar-refractivity contribution in [2.24, 2.45) is 11.3 Å². The molecule has 21 heavy (non-hydrogen) atoms. The predicted molar refractivity (Wildman–Crippen MR) is 87.8 cm³/mol. The summed E-state index contributed by atoms with van der Waals surface area (Å²) in [5.74, 6) is 0.321. The quantitative estimate of drug-likeness (QED) is 0.854. The van der Waals surface area contributed by atoms with Crippen LogP contribution in [0.15, 0.2) is 12.1 Å². The molecule has 0 amide bonds. The van der Waals surface area contributed by atoms with Crippen molar-refractivity contribution in [3.05, 3.63) is 33.8 Å². The van der Waals surface area contributed by atoms with Crippen LogP contribution < -0.4 is 0 Å². The largest absolute Gasteiger partial charge is 0.384 e. The minimum atomic E-state index is -0.751. The van der Waals surface area contributed by atoms with E-state index in [0.717, 1.165) is 48.5 Å². The molecule has 1 heterocycles. The molecule has 0 saturated carbocycles. The lowest BCUT2D eigenvalue weighted by atomic mass is 9.65. The molecule has 1 unspecified atom stereocenters. The van der Waals surface area contributed by atoms with Crippen molar-refractivity contribution in [2.75, 3.05) is 20.1 Å². The van der Waals surface area contributed by atoms with Gasteiger partial charge in [0.1, 0.15) is 0 Å². The van der Waals surface area contributed by atoms with Crippen molar-refractivity contribution in [1.29, 1.82) is 0 Å². The van der Waals surface area contributed by atoms with Crippen LogP contribution in [0, 0.1) is 18.3 Å². The van der Waals surface area contributed by atoms with Gasteiger partial charge in [-0.1, -0.05) is 31.5 Å². The minimum absolute atomic E-state index is 0.134. The van der Waals surface area contributed by atoms with E-state index in [4.69, 9.17) is 11.6 Å². The molecule has 116 valence electrons. The van der Waals surface area contributed by atoms with Gasteiger partial charge >= 0.3 is 0 Å². The lowest BCUT2D eigenvalue weighted by Crippen LogP contribution is -2.49. The van der Waals surface area contributed by atoms with E-state index in [1.807, 2.05) is 6.07 Å². The van der Waals surface area contributed by atoms with Gasteiger partial charge in [0.25, 0.3) is 0 Å². The Morgan fingerprint density at radius 2 is 1.86 bits per heavy atom. The third-order valence-electron chi connectivity index (χ3n) is 5.84. The van der Waals surface area contributed by atoms with Gasteiger partial charge in [-0.15, -0.1) is 0 Å². The van der Waals surface area contributed by atoms with Crippen molar-refractivity contribution in [2.45, 2.75) is 45.6 Å². The van der Waals surface area contributed by atoms with Crippen LogP contribution in [0.25, 0.3) is 0 Å². The zero-order valence-corrected chi connectivity index (χ0v) is 14.3. The van der Waals surface area contributed by atoms with Crippen LogP contribution in [0.4, 0.5) is 0 Å².